The smallest absolute Gasteiger partial charge is 0.321 e. The molecule has 0 radical (unpaired) electrons. The number of urea groups is 1. The standard InChI is InChI=1S/C33H45N5O5S2/c1-23(2)19-37(45(42,43)28-14-10-7-11-15-28)21-30(39)29(18-26-12-8-6-9-13-26)35-32(40)31(24(3)4)38-17-16-36(33(38)41)20-27-22-44-25(5)34-27/h6-15,22-24,29-31,39H,16-21H2,1-5H3,(H,35,40)/t29-,30+,31-/m0/s1. The zero-order chi connectivity index (χ0) is 32.7. The van der Waals surface area contributed by atoms with E-state index in [2.05, 4.69) is 10.3 Å². The van der Waals surface area contributed by atoms with Crippen LogP contribution in [0.1, 0.15) is 44.0 Å². The Kier molecular flexibility index (Phi) is 11.8. The zero-order valence-electron chi connectivity index (χ0n) is 26.7. The Morgan fingerprint density at radius 3 is 2.24 bits per heavy atom. The quantitative estimate of drug-likeness (QED) is 0.254. The molecule has 1 aromatic heterocycles. The molecule has 2 heterocycles. The molecule has 12 heteroatoms. The van der Waals surface area contributed by atoms with Gasteiger partial charge in [0.05, 0.1) is 34.3 Å². The molecule has 3 amide bonds. The summed E-state index contributed by atoms with van der Waals surface area (Å²) in [5, 5.41) is 17.5. The van der Waals surface area contributed by atoms with Gasteiger partial charge in [0.1, 0.15) is 6.04 Å². The van der Waals surface area contributed by atoms with E-state index in [0.717, 1.165) is 16.3 Å². The maximum atomic E-state index is 14.0. The second-order valence-electron chi connectivity index (χ2n) is 12.3. The van der Waals surface area contributed by atoms with E-state index in [4.69, 9.17) is 0 Å². The summed E-state index contributed by atoms with van der Waals surface area (Å²) in [6.45, 7) is 10.8. The number of aliphatic hydroxyl groups is 1. The number of thiazole rings is 1. The molecule has 3 aromatic rings. The van der Waals surface area contributed by atoms with E-state index < -0.39 is 28.2 Å². The van der Waals surface area contributed by atoms with Crippen LogP contribution in [0.4, 0.5) is 4.79 Å². The third kappa shape index (κ3) is 8.90. The third-order valence-corrected chi connectivity index (χ3v) is 10.5. The molecule has 4 rings (SSSR count). The molecule has 1 aliphatic heterocycles. The highest BCUT2D eigenvalue weighted by Crippen LogP contribution is 2.23. The van der Waals surface area contributed by atoms with E-state index in [-0.39, 0.29) is 48.2 Å². The van der Waals surface area contributed by atoms with E-state index in [0.29, 0.717) is 19.6 Å². The number of aromatic nitrogens is 1. The highest BCUT2D eigenvalue weighted by molar-refractivity contribution is 7.89. The van der Waals surface area contributed by atoms with E-state index in [1.54, 1.807) is 28.0 Å². The van der Waals surface area contributed by atoms with Crippen molar-refractivity contribution in [2.24, 2.45) is 11.8 Å². The average molecular weight is 656 g/mol. The van der Waals surface area contributed by atoms with Gasteiger partial charge in [0.25, 0.3) is 0 Å². The number of hydrogen-bond donors (Lipinski definition) is 2. The summed E-state index contributed by atoms with van der Waals surface area (Å²) in [6.07, 6.45) is -0.944. The number of aryl methyl sites for hydroxylation is 1. The van der Waals surface area contributed by atoms with Crippen molar-refractivity contribution < 1.29 is 23.1 Å². The molecule has 244 valence electrons. The van der Waals surface area contributed by atoms with Gasteiger partial charge < -0.3 is 20.2 Å². The highest BCUT2D eigenvalue weighted by Gasteiger charge is 2.40. The van der Waals surface area contributed by atoms with Gasteiger partial charge in [0.15, 0.2) is 0 Å². The van der Waals surface area contributed by atoms with Crippen LogP contribution in [0.15, 0.2) is 70.9 Å². The van der Waals surface area contributed by atoms with Crippen LogP contribution in [-0.4, -0.2) is 88.9 Å². The first kappa shape index (κ1) is 34.6. The lowest BCUT2D eigenvalue weighted by Crippen LogP contribution is -2.57. The van der Waals surface area contributed by atoms with Crippen LogP contribution in [0, 0.1) is 18.8 Å². The molecule has 1 aliphatic rings. The summed E-state index contributed by atoms with van der Waals surface area (Å²) >= 11 is 1.53. The Bertz CT molecular complexity index is 1510. The molecule has 45 heavy (non-hydrogen) atoms. The monoisotopic (exact) mass is 655 g/mol. The maximum Gasteiger partial charge on any atom is 0.321 e. The lowest BCUT2D eigenvalue weighted by atomic mass is 9.97. The first-order valence-corrected chi connectivity index (χ1v) is 17.7. The number of benzene rings is 2. The van der Waals surface area contributed by atoms with Crippen LogP contribution in [0.5, 0.6) is 0 Å². The minimum absolute atomic E-state index is 0.000457. The van der Waals surface area contributed by atoms with E-state index in [1.165, 1.54) is 27.8 Å². The number of rotatable bonds is 15. The fourth-order valence-corrected chi connectivity index (χ4v) is 7.91. The molecule has 2 N–H and O–H groups in total. The first-order chi connectivity index (χ1) is 21.4. The number of sulfonamides is 1. The normalized spacial score (nSPS) is 16.1. The van der Waals surface area contributed by atoms with Crippen molar-refractivity contribution in [3.8, 4) is 0 Å². The second-order valence-corrected chi connectivity index (χ2v) is 15.3. The molecule has 0 aliphatic carbocycles. The van der Waals surface area contributed by atoms with Crippen LogP contribution >= 0.6 is 11.3 Å². The molecule has 1 fully saturated rings. The Labute approximate surface area is 271 Å². The van der Waals surface area contributed by atoms with Crippen LogP contribution in [-0.2, 0) is 27.8 Å². The highest BCUT2D eigenvalue weighted by atomic mass is 32.2. The van der Waals surface area contributed by atoms with Gasteiger partial charge in [-0.2, -0.15) is 4.31 Å². The molecular weight excluding hydrogens is 611 g/mol. The van der Waals surface area contributed by atoms with E-state index in [9.17, 15) is 23.1 Å². The SMILES string of the molecule is Cc1nc(CN2CCN([C@H](C(=O)N[C@@H](Cc3ccccc3)[C@H](O)CN(CC(C)C)S(=O)(=O)c3ccccc3)C(C)C)C2=O)cs1. The van der Waals surface area contributed by atoms with Gasteiger partial charge in [0.2, 0.25) is 15.9 Å². The molecule has 0 spiro atoms. The molecule has 1 saturated heterocycles. The van der Waals surface area contributed by atoms with Crippen molar-refractivity contribution >= 4 is 33.3 Å². The van der Waals surface area contributed by atoms with Crippen molar-refractivity contribution in [3.63, 3.8) is 0 Å². The average Bonchev–Trinajstić information content (AvgIpc) is 3.57. The largest absolute Gasteiger partial charge is 0.390 e. The molecule has 2 aromatic carbocycles. The van der Waals surface area contributed by atoms with Crippen LogP contribution in [0.3, 0.4) is 0 Å². The molecule has 0 unspecified atom stereocenters. The molecule has 0 bridgehead atoms. The van der Waals surface area contributed by atoms with Gasteiger partial charge in [-0.05, 0) is 42.9 Å². The number of amides is 3. The Hall–Kier alpha value is -3.32. The van der Waals surface area contributed by atoms with E-state index >= 15 is 0 Å². The summed E-state index contributed by atoms with van der Waals surface area (Å²) in [5.74, 6) is -0.590. The number of carbonyl (C=O) groups is 2. The number of aliphatic hydroxyl groups excluding tert-OH is 1. The Morgan fingerprint density at radius 2 is 1.67 bits per heavy atom. The van der Waals surface area contributed by atoms with Gasteiger partial charge in [0, 0.05) is 31.6 Å². The molecular formula is C33H45N5O5S2. The van der Waals surface area contributed by atoms with Gasteiger partial charge >= 0.3 is 6.03 Å². The predicted molar refractivity (Wildman–Crippen MR) is 176 cm³/mol. The van der Waals surface area contributed by atoms with Gasteiger partial charge in [-0.1, -0.05) is 76.2 Å². The first-order valence-electron chi connectivity index (χ1n) is 15.4. The number of hydrogen-bond acceptors (Lipinski definition) is 7. The second kappa shape index (κ2) is 15.3. The fourth-order valence-electron chi connectivity index (χ4n) is 5.66. The van der Waals surface area contributed by atoms with Crippen molar-refractivity contribution in [1.82, 2.24) is 24.4 Å². The summed E-state index contributed by atoms with van der Waals surface area (Å²) in [5.41, 5.74) is 1.70. The summed E-state index contributed by atoms with van der Waals surface area (Å²) in [4.78, 5) is 35.4. The molecule has 0 saturated carbocycles. The van der Waals surface area contributed by atoms with Gasteiger partial charge in [-0.25, -0.2) is 18.2 Å². The Morgan fingerprint density at radius 1 is 1.02 bits per heavy atom. The maximum absolute atomic E-state index is 14.0. The molecule has 10 nitrogen and oxygen atoms in total. The number of nitrogens with zero attached hydrogens (tertiary/aromatic N) is 4. The minimum atomic E-state index is -3.91. The zero-order valence-corrected chi connectivity index (χ0v) is 28.3. The van der Waals surface area contributed by atoms with Crippen LogP contribution in [0.2, 0.25) is 0 Å². The fraction of sp³-hybridized carbons (Fsp3) is 0.485. The molecule has 3 atom stereocenters. The van der Waals surface area contributed by atoms with Gasteiger partial charge in [-0.3, -0.25) is 4.79 Å². The van der Waals surface area contributed by atoms with Gasteiger partial charge in [-0.15, -0.1) is 11.3 Å². The van der Waals surface area contributed by atoms with Crippen molar-refractivity contribution in [2.45, 2.75) is 70.7 Å². The predicted octanol–water partition coefficient (Wildman–Crippen LogP) is 4.15. The van der Waals surface area contributed by atoms with Crippen molar-refractivity contribution in [3.05, 3.63) is 82.3 Å². The Balaban J connectivity index is 1.56. The summed E-state index contributed by atoms with van der Waals surface area (Å²) in [6, 6.07) is 15.8. The summed E-state index contributed by atoms with van der Waals surface area (Å²) in [7, 11) is -3.91. The number of nitrogens with one attached hydrogen (secondary N) is 1. The third-order valence-electron chi connectivity index (χ3n) is 7.81. The lowest BCUT2D eigenvalue weighted by molar-refractivity contribution is -0.128. The number of carbonyl (C=O) groups excluding carboxylic acids is 2. The van der Waals surface area contributed by atoms with Crippen molar-refractivity contribution in [2.75, 3.05) is 26.2 Å². The topological polar surface area (TPSA) is 123 Å². The minimum Gasteiger partial charge on any atom is -0.390 e. The van der Waals surface area contributed by atoms with Crippen LogP contribution in [0.25, 0.3) is 0 Å². The van der Waals surface area contributed by atoms with Crippen molar-refractivity contribution in [1.29, 1.82) is 0 Å². The van der Waals surface area contributed by atoms with Crippen LogP contribution < -0.4 is 5.32 Å². The van der Waals surface area contributed by atoms with E-state index in [1.807, 2.05) is 70.3 Å². The lowest BCUT2D eigenvalue weighted by Gasteiger charge is -2.34. The summed E-state index contributed by atoms with van der Waals surface area (Å²) < 4.78 is 28.6.